The first-order valence-electron chi connectivity index (χ1n) is 12.0. The molecule has 0 unspecified atom stereocenters. The minimum absolute atomic E-state index is 0. The zero-order valence-electron chi connectivity index (χ0n) is 20.9. The summed E-state index contributed by atoms with van der Waals surface area (Å²) >= 11 is 6.69. The van der Waals surface area contributed by atoms with Crippen molar-refractivity contribution in [2.45, 2.75) is 40.0 Å². The largest absolute Gasteiger partial charge is 0.497 e. The highest BCUT2D eigenvalue weighted by Gasteiger charge is 2.28. The number of anilines is 1. The van der Waals surface area contributed by atoms with Crippen LogP contribution in [0.5, 0.6) is 17.2 Å². The summed E-state index contributed by atoms with van der Waals surface area (Å²) in [6.45, 7) is 6.95. The highest BCUT2D eigenvalue weighted by Crippen LogP contribution is 2.40. The van der Waals surface area contributed by atoms with Gasteiger partial charge >= 0.3 is 0 Å². The van der Waals surface area contributed by atoms with E-state index in [0.717, 1.165) is 69.6 Å². The molecular formula is C27H28Cl2N4O4. The molecule has 0 N–H and O–H groups in total. The third-order valence-electron chi connectivity index (χ3n) is 6.63. The van der Waals surface area contributed by atoms with Crippen molar-refractivity contribution in [1.82, 2.24) is 14.6 Å². The van der Waals surface area contributed by atoms with E-state index < -0.39 is 0 Å². The minimum Gasteiger partial charge on any atom is -0.497 e. The van der Waals surface area contributed by atoms with E-state index in [0.29, 0.717) is 30.5 Å². The average Bonchev–Trinajstić information content (AvgIpc) is 3.60. The van der Waals surface area contributed by atoms with Crippen LogP contribution < -0.4 is 19.1 Å². The number of fused-ring (bicyclic) bond motifs is 3. The van der Waals surface area contributed by atoms with E-state index in [2.05, 4.69) is 24.0 Å². The van der Waals surface area contributed by atoms with Crippen LogP contribution in [0.3, 0.4) is 0 Å². The fourth-order valence-corrected chi connectivity index (χ4v) is 5.26. The van der Waals surface area contributed by atoms with Crippen LogP contribution in [-0.2, 0) is 24.5 Å². The maximum atomic E-state index is 6.69. The van der Waals surface area contributed by atoms with Gasteiger partial charge in [-0.2, -0.15) is 9.61 Å². The molecule has 0 amide bonds. The Balaban J connectivity index is 0.00000280. The Morgan fingerprint density at radius 3 is 2.73 bits per heavy atom. The molecule has 2 aromatic carbocycles. The number of hydrogen-bond acceptors (Lipinski definition) is 7. The number of rotatable bonds is 7. The van der Waals surface area contributed by atoms with Crippen LogP contribution in [0, 0.1) is 6.92 Å². The summed E-state index contributed by atoms with van der Waals surface area (Å²) < 4.78 is 24.3. The predicted molar refractivity (Wildman–Crippen MR) is 144 cm³/mol. The predicted octanol–water partition coefficient (Wildman–Crippen LogP) is 5.96. The molecule has 0 saturated heterocycles. The Labute approximate surface area is 226 Å². The van der Waals surface area contributed by atoms with Gasteiger partial charge < -0.3 is 23.8 Å². The van der Waals surface area contributed by atoms with Gasteiger partial charge in [0.25, 0.3) is 0 Å². The summed E-state index contributed by atoms with van der Waals surface area (Å²) in [5.41, 5.74) is 6.57. The monoisotopic (exact) mass is 542 g/mol. The van der Waals surface area contributed by atoms with Crippen molar-refractivity contribution in [3.63, 3.8) is 0 Å². The summed E-state index contributed by atoms with van der Waals surface area (Å²) in [4.78, 5) is 7.37. The third kappa shape index (κ3) is 4.43. The number of hydrogen-bond donors (Lipinski definition) is 0. The molecule has 2 aliphatic rings. The van der Waals surface area contributed by atoms with E-state index in [9.17, 15) is 0 Å². The summed E-state index contributed by atoms with van der Waals surface area (Å²) in [6.07, 6.45) is 0.974. The molecule has 0 fully saturated rings. The number of methoxy groups -OCH3 is 1. The molecule has 37 heavy (non-hydrogen) atoms. The highest BCUT2D eigenvalue weighted by molar-refractivity contribution is 6.33. The second-order valence-corrected chi connectivity index (χ2v) is 9.41. The number of benzene rings is 2. The van der Waals surface area contributed by atoms with E-state index in [4.69, 9.17) is 40.6 Å². The molecule has 0 bridgehead atoms. The number of aryl methyl sites for hydroxylation is 1. The fraction of sp³-hybridized carbons (Fsp3) is 0.333. The maximum absolute atomic E-state index is 6.69. The highest BCUT2D eigenvalue weighted by atomic mass is 35.5. The van der Waals surface area contributed by atoms with Gasteiger partial charge in [-0.05, 0) is 49.2 Å². The van der Waals surface area contributed by atoms with Crippen molar-refractivity contribution in [3.8, 4) is 28.4 Å². The standard InChI is InChI=1S/C27H27ClN4O4.ClH/c1-4-9-31(12-17-5-8-23-24(10-17)36-15-35-23)27-20-13-34-14-22(20)29-26-25(16(2)30-32(26)27)19-7-6-18(33-3)11-21(19)28;/h5-8,10-11H,4,9,12-15H2,1-3H3;1H. The topological polar surface area (TPSA) is 70.4 Å². The molecular weight excluding hydrogens is 515 g/mol. The molecule has 0 aliphatic carbocycles. The quantitative estimate of drug-likeness (QED) is 0.285. The molecule has 8 nitrogen and oxygen atoms in total. The van der Waals surface area contributed by atoms with Crippen LogP contribution in [0.1, 0.15) is 35.9 Å². The molecule has 4 aromatic rings. The third-order valence-corrected chi connectivity index (χ3v) is 6.94. The Bertz CT molecular complexity index is 1470. The van der Waals surface area contributed by atoms with Crippen LogP contribution in [-0.4, -0.2) is 35.0 Å². The molecule has 0 radical (unpaired) electrons. The summed E-state index contributed by atoms with van der Waals surface area (Å²) in [7, 11) is 1.63. The smallest absolute Gasteiger partial charge is 0.231 e. The molecule has 194 valence electrons. The maximum Gasteiger partial charge on any atom is 0.231 e. The lowest BCUT2D eigenvalue weighted by molar-refractivity contribution is 0.133. The van der Waals surface area contributed by atoms with E-state index >= 15 is 0 Å². The zero-order chi connectivity index (χ0) is 24.8. The van der Waals surface area contributed by atoms with Gasteiger partial charge in [-0.15, -0.1) is 12.4 Å². The Morgan fingerprint density at radius 1 is 1.11 bits per heavy atom. The second kappa shape index (κ2) is 10.3. The molecule has 10 heteroatoms. The van der Waals surface area contributed by atoms with Crippen LogP contribution in [0.25, 0.3) is 16.8 Å². The normalized spacial score (nSPS) is 13.5. The summed E-state index contributed by atoms with van der Waals surface area (Å²) in [6, 6.07) is 11.8. The van der Waals surface area contributed by atoms with E-state index in [-0.39, 0.29) is 19.2 Å². The van der Waals surface area contributed by atoms with Crippen molar-refractivity contribution in [2.24, 2.45) is 0 Å². The van der Waals surface area contributed by atoms with Crippen LogP contribution in [0.4, 0.5) is 5.82 Å². The second-order valence-electron chi connectivity index (χ2n) is 9.00. The van der Waals surface area contributed by atoms with Gasteiger partial charge in [0.2, 0.25) is 6.79 Å². The van der Waals surface area contributed by atoms with Crippen LogP contribution in [0.15, 0.2) is 36.4 Å². The van der Waals surface area contributed by atoms with Crippen LogP contribution in [0.2, 0.25) is 5.02 Å². The Hall–Kier alpha value is -3.20. The Morgan fingerprint density at radius 2 is 1.95 bits per heavy atom. The van der Waals surface area contributed by atoms with Crippen molar-refractivity contribution >= 4 is 35.5 Å². The fourth-order valence-electron chi connectivity index (χ4n) is 4.99. The van der Waals surface area contributed by atoms with Crippen molar-refractivity contribution in [2.75, 3.05) is 25.3 Å². The van der Waals surface area contributed by atoms with E-state index in [1.165, 1.54) is 0 Å². The SMILES string of the molecule is CCCN(Cc1ccc2c(c1)OCO2)c1c2c(nc3c(-c4ccc(OC)cc4Cl)c(C)nn13)COC2.Cl. The lowest BCUT2D eigenvalue weighted by Crippen LogP contribution is -2.27. The molecule has 0 saturated carbocycles. The summed E-state index contributed by atoms with van der Waals surface area (Å²) in [5.74, 6) is 3.28. The van der Waals surface area contributed by atoms with Gasteiger partial charge in [0.05, 0.1) is 42.3 Å². The lowest BCUT2D eigenvalue weighted by atomic mass is 10.1. The Kier molecular flexibility index (Phi) is 7.07. The number of halogens is 2. The van der Waals surface area contributed by atoms with Crippen molar-refractivity contribution in [3.05, 3.63) is 63.9 Å². The molecule has 0 atom stereocenters. The van der Waals surface area contributed by atoms with Crippen molar-refractivity contribution in [1.29, 1.82) is 0 Å². The molecule has 2 aromatic heterocycles. The van der Waals surface area contributed by atoms with Gasteiger partial charge in [0.1, 0.15) is 11.6 Å². The van der Waals surface area contributed by atoms with Gasteiger partial charge in [-0.3, -0.25) is 0 Å². The van der Waals surface area contributed by atoms with E-state index in [1.807, 2.05) is 35.7 Å². The first kappa shape index (κ1) is 25.4. The molecule has 0 spiro atoms. The first-order chi connectivity index (χ1) is 17.6. The first-order valence-corrected chi connectivity index (χ1v) is 12.4. The van der Waals surface area contributed by atoms with Crippen LogP contribution >= 0.6 is 24.0 Å². The van der Waals surface area contributed by atoms with E-state index in [1.54, 1.807) is 7.11 Å². The number of ether oxygens (including phenoxy) is 4. The van der Waals surface area contributed by atoms with Gasteiger partial charge in [0.15, 0.2) is 17.1 Å². The summed E-state index contributed by atoms with van der Waals surface area (Å²) in [5, 5.41) is 5.57. The minimum atomic E-state index is 0. The van der Waals surface area contributed by atoms with Gasteiger partial charge in [-0.1, -0.05) is 24.6 Å². The molecule has 4 heterocycles. The van der Waals surface area contributed by atoms with Crippen molar-refractivity contribution < 1.29 is 18.9 Å². The molecule has 6 rings (SSSR count). The number of aromatic nitrogens is 3. The molecule has 2 aliphatic heterocycles. The number of nitrogens with zero attached hydrogens (tertiary/aromatic N) is 4. The zero-order valence-corrected chi connectivity index (χ0v) is 22.5. The van der Waals surface area contributed by atoms with Gasteiger partial charge in [-0.25, -0.2) is 4.98 Å². The lowest BCUT2D eigenvalue weighted by Gasteiger charge is -2.27. The van der Waals surface area contributed by atoms with Gasteiger partial charge in [0, 0.05) is 24.2 Å². The average molecular weight is 543 g/mol.